The smallest absolute Gasteiger partial charge is 0.335 e. The molecule has 0 aromatic rings. The van der Waals surface area contributed by atoms with Crippen LogP contribution in [0.15, 0.2) is 23.3 Å². The molecule has 86 heavy (non-hydrogen) atoms. The van der Waals surface area contributed by atoms with Gasteiger partial charge in [-0.1, -0.05) is 59.3 Å². The normalized spacial score (nSPS) is 51.1. The van der Waals surface area contributed by atoms with Crippen molar-refractivity contribution in [1.82, 2.24) is 0 Å². The number of allylic oxidation sites excluding steroid dienone is 3. The van der Waals surface area contributed by atoms with Gasteiger partial charge in [0.1, 0.15) is 97.8 Å². The van der Waals surface area contributed by atoms with Crippen molar-refractivity contribution in [2.45, 2.75) is 242 Å². The van der Waals surface area contributed by atoms with Crippen LogP contribution in [0, 0.1) is 50.2 Å². The predicted molar refractivity (Wildman–Crippen MR) is 289 cm³/mol. The molecule has 488 valence electrons. The molecular weight excluding hydrogens is 1140 g/mol. The highest BCUT2D eigenvalue weighted by molar-refractivity contribution is 5.87. The Balaban J connectivity index is 1.05. The molecule has 0 radical (unpaired) electrons. The molecule has 4 saturated heterocycles. The van der Waals surface area contributed by atoms with Gasteiger partial charge in [-0.3, -0.25) is 4.79 Å². The number of carboxylic acids is 1. The lowest BCUT2D eigenvalue weighted by molar-refractivity contribution is -0.398. The maximum Gasteiger partial charge on any atom is 0.335 e. The van der Waals surface area contributed by atoms with E-state index in [2.05, 4.69) is 26.8 Å². The lowest BCUT2D eigenvalue weighted by Gasteiger charge is -2.72. The summed E-state index contributed by atoms with van der Waals surface area (Å²) in [4.78, 5) is 53.8. The van der Waals surface area contributed by atoms with E-state index in [0.29, 0.717) is 37.7 Å². The number of aliphatic carboxylic acids is 1. The van der Waals surface area contributed by atoms with E-state index in [0.717, 1.165) is 11.9 Å². The minimum atomic E-state index is -2.28. The zero-order valence-corrected chi connectivity index (χ0v) is 50.0. The molecule has 0 aromatic carbocycles. The summed E-state index contributed by atoms with van der Waals surface area (Å²) in [6.45, 7) is 13.8. The van der Waals surface area contributed by atoms with Crippen LogP contribution in [0.4, 0.5) is 0 Å². The summed E-state index contributed by atoms with van der Waals surface area (Å²) in [5, 5.41) is 144. The zero-order valence-electron chi connectivity index (χ0n) is 50.0. The van der Waals surface area contributed by atoms with E-state index in [9.17, 15) is 85.6 Å². The number of aliphatic hydroxyl groups is 12. The standard InChI is InChI=1S/C59H90O27/c1-10-24(2)49(76)86-46-47(79-25(3)63)59(23-62)27(17-54(46,4)5)26-11-12-32-55(6)15-14-34(56(7,22-61)31(55)13-16-57(32,8)58(26,9)18-33(59)66)81-53-45(85-51-40(72)38(70)37(69)30(19-60)80-51)42(41(73)43(83-53)48(74)75)82-52-44(36(68)29(65)21-78-52)84-50-39(71)35(67)28(64)20-77-50/h10-11,22,27-47,50-53,60,62,64-73H,12-21,23H2,1-9H3,(H,74,75)/b24-10+/t27-,28?,29-,30+,31+,32+,33+,34-,35?,36-,37-,38-,39?,40+,41-,42-,43-,44+,45+,46-,47-,50?,51-,52-,53+,55-,56-,57+,58+,59-/m0/s1. The largest absolute Gasteiger partial charge is 0.479 e. The van der Waals surface area contributed by atoms with Gasteiger partial charge in [-0.2, -0.15) is 0 Å². The van der Waals surface area contributed by atoms with Crippen LogP contribution in [0.5, 0.6) is 0 Å². The zero-order chi connectivity index (χ0) is 63.3. The second-order valence-electron chi connectivity index (χ2n) is 27.3. The van der Waals surface area contributed by atoms with Gasteiger partial charge in [-0.15, -0.1) is 0 Å². The molecule has 9 rings (SSSR count). The highest BCUT2D eigenvalue weighted by atomic mass is 16.8. The van der Waals surface area contributed by atoms with E-state index in [1.807, 2.05) is 13.8 Å². The molecule has 4 unspecified atom stereocenters. The van der Waals surface area contributed by atoms with Gasteiger partial charge in [0.05, 0.1) is 49.5 Å². The van der Waals surface area contributed by atoms with Gasteiger partial charge in [-0.05, 0) is 92.8 Å². The molecule has 4 saturated carbocycles. The molecular formula is C59H90O27. The van der Waals surface area contributed by atoms with E-state index >= 15 is 0 Å². The van der Waals surface area contributed by atoms with Crippen molar-refractivity contribution >= 4 is 24.2 Å². The van der Waals surface area contributed by atoms with E-state index < -0.39 is 224 Å². The average molecular weight is 1230 g/mol. The Morgan fingerprint density at radius 1 is 0.663 bits per heavy atom. The lowest BCUT2D eigenvalue weighted by Crippen LogP contribution is -2.72. The van der Waals surface area contributed by atoms with E-state index in [1.165, 1.54) is 6.92 Å². The summed E-state index contributed by atoms with van der Waals surface area (Å²) >= 11 is 0. The van der Waals surface area contributed by atoms with Crippen LogP contribution >= 0.6 is 0 Å². The quantitative estimate of drug-likeness (QED) is 0.0277. The van der Waals surface area contributed by atoms with Crippen LogP contribution in [-0.4, -0.2) is 252 Å². The molecule has 0 amide bonds. The molecule has 27 heteroatoms. The number of rotatable bonds is 15. The van der Waals surface area contributed by atoms with Gasteiger partial charge >= 0.3 is 17.9 Å². The first-order valence-corrected chi connectivity index (χ1v) is 29.9. The van der Waals surface area contributed by atoms with Crippen LogP contribution in [-0.2, 0) is 66.5 Å². The van der Waals surface area contributed by atoms with Crippen molar-refractivity contribution in [2.24, 2.45) is 50.2 Å². The highest BCUT2D eigenvalue weighted by Crippen LogP contribution is 2.76. The first kappa shape index (κ1) is 67.2. The maximum atomic E-state index is 14.2. The SMILES string of the molecule is C/C=C(\C)C(=O)O[C@H]1[C@H](OC(C)=O)[C@]2(CO)[C@H](O)C[C@]3(C)C(=CC[C@@H]4[C@@]5(C)CC[C@H](O[C@@H]6O[C@H](C(=O)O)[C@@H](O)[C@H](O[C@@H]7OC[C@H](O)[C@H](O)[C@H]7OC7OCC(O)C(O)C7O)[C@H]6O[C@@H]6O[C@H](CO)[C@H](O)[C@H](O)[C@H]6O)[C@@](C)(C=O)[C@@H]5CC[C@]43C)[C@@H]2CC1(C)C. The molecule has 8 fully saturated rings. The summed E-state index contributed by atoms with van der Waals surface area (Å²) < 4.78 is 60.5. The summed E-state index contributed by atoms with van der Waals surface area (Å²) in [5.41, 5.74) is -4.42. The fourth-order valence-electron chi connectivity index (χ4n) is 17.0. The number of carboxylic acid groups (broad SMARTS) is 1. The molecule has 13 N–H and O–H groups in total. The van der Waals surface area contributed by atoms with Crippen LogP contribution in [0.2, 0.25) is 0 Å². The maximum absolute atomic E-state index is 14.2. The molecule has 4 heterocycles. The molecule has 0 bridgehead atoms. The van der Waals surface area contributed by atoms with Crippen molar-refractivity contribution in [2.75, 3.05) is 26.4 Å². The number of esters is 2. The molecule has 9 aliphatic rings. The fourth-order valence-corrected chi connectivity index (χ4v) is 17.0. The molecule has 0 aromatic heterocycles. The summed E-state index contributed by atoms with van der Waals surface area (Å²) in [6.07, 6.45) is -32.4. The summed E-state index contributed by atoms with van der Waals surface area (Å²) in [7, 11) is 0. The topological polar surface area (TPSA) is 424 Å². The van der Waals surface area contributed by atoms with E-state index in [4.69, 9.17) is 47.4 Å². The Kier molecular flexibility index (Phi) is 19.3. The minimum absolute atomic E-state index is 0.112. The minimum Gasteiger partial charge on any atom is -0.479 e. The molecule has 5 aliphatic carbocycles. The number of hydrogen-bond acceptors (Lipinski definition) is 26. The van der Waals surface area contributed by atoms with Crippen molar-refractivity contribution in [3.63, 3.8) is 0 Å². The number of ether oxygens (including phenoxy) is 10. The van der Waals surface area contributed by atoms with E-state index in [-0.39, 0.29) is 18.8 Å². The second kappa shape index (κ2) is 24.8. The monoisotopic (exact) mass is 1230 g/mol. The summed E-state index contributed by atoms with van der Waals surface area (Å²) in [5.74, 6) is -4.24. The molecule has 4 aliphatic heterocycles. The third-order valence-corrected chi connectivity index (χ3v) is 22.2. The third-order valence-electron chi connectivity index (χ3n) is 22.2. The number of hydrogen-bond donors (Lipinski definition) is 13. The fraction of sp³-hybridized carbons (Fsp3) is 0.864. The van der Waals surface area contributed by atoms with Gasteiger partial charge < -0.3 is 119 Å². The Hall–Kier alpha value is -3.24. The number of carbonyl (C=O) groups excluding carboxylic acids is 3. The van der Waals surface area contributed by atoms with Crippen molar-refractivity contribution in [3.8, 4) is 0 Å². The van der Waals surface area contributed by atoms with Gasteiger partial charge in [-0.25, -0.2) is 9.59 Å². The molecule has 27 nitrogen and oxygen atoms in total. The Morgan fingerprint density at radius 3 is 1.91 bits per heavy atom. The molecule has 0 spiro atoms. The van der Waals surface area contributed by atoms with Gasteiger partial charge in [0.25, 0.3) is 0 Å². The molecule has 30 atom stereocenters. The number of aliphatic hydroxyl groups excluding tert-OH is 12. The van der Waals surface area contributed by atoms with Crippen LogP contribution in [0.1, 0.15) is 107 Å². The van der Waals surface area contributed by atoms with Crippen molar-refractivity contribution in [3.05, 3.63) is 23.3 Å². The third kappa shape index (κ3) is 10.9. The number of carbonyl (C=O) groups is 4. The summed E-state index contributed by atoms with van der Waals surface area (Å²) in [6, 6.07) is 0. The lowest BCUT2D eigenvalue weighted by atomic mass is 9.33. The van der Waals surface area contributed by atoms with Crippen molar-refractivity contribution in [1.29, 1.82) is 0 Å². The average Bonchev–Trinajstić information content (AvgIpc) is 0.672. The van der Waals surface area contributed by atoms with Crippen molar-refractivity contribution < 1.29 is 133 Å². The Labute approximate surface area is 498 Å². The van der Waals surface area contributed by atoms with Gasteiger partial charge in [0.2, 0.25) is 0 Å². The van der Waals surface area contributed by atoms with Crippen LogP contribution in [0.3, 0.4) is 0 Å². The van der Waals surface area contributed by atoms with E-state index in [1.54, 1.807) is 26.8 Å². The first-order chi connectivity index (χ1) is 40.3. The van der Waals surface area contributed by atoms with Crippen LogP contribution in [0.25, 0.3) is 0 Å². The first-order valence-electron chi connectivity index (χ1n) is 29.9. The number of fused-ring (bicyclic) bond motifs is 7. The van der Waals surface area contributed by atoms with Gasteiger partial charge in [0.15, 0.2) is 31.3 Å². The van der Waals surface area contributed by atoms with Crippen LogP contribution < -0.4 is 0 Å². The highest BCUT2D eigenvalue weighted by Gasteiger charge is 2.74. The Bertz CT molecular complexity index is 2550. The van der Waals surface area contributed by atoms with Gasteiger partial charge in [0, 0.05) is 17.9 Å². The number of aldehydes is 1. The predicted octanol–water partition coefficient (Wildman–Crippen LogP) is -2.01. The Morgan fingerprint density at radius 2 is 1.29 bits per heavy atom. The second-order valence-corrected chi connectivity index (χ2v) is 27.3.